The number of halogens is 1. The molecule has 2 fully saturated rings. The number of aliphatic imine (C=N–C) groups is 1. The number of amidine groups is 1. The van der Waals surface area contributed by atoms with Crippen LogP contribution in [0.15, 0.2) is 59.6 Å². The maximum absolute atomic E-state index is 14.3. The number of rotatable bonds is 5. The van der Waals surface area contributed by atoms with E-state index in [-0.39, 0.29) is 11.2 Å². The first-order valence-electron chi connectivity index (χ1n) is 10.9. The SMILES string of the molecule is Cc1ccc(N2CC(N(C)C)C2)cc1N=C(N)C1(c2ccc(F)c3ccccc23)CC1. The Hall–Kier alpha value is -2.92. The van der Waals surface area contributed by atoms with E-state index in [0.717, 1.165) is 48.1 Å². The van der Waals surface area contributed by atoms with Crippen LogP contribution in [0.25, 0.3) is 10.8 Å². The molecule has 1 saturated carbocycles. The number of nitrogens with zero attached hydrogens (tertiary/aromatic N) is 3. The standard InChI is InChI=1S/C26H29FN4/c1-17-8-9-18(31-15-19(16-31)30(2)3)14-24(17)29-25(28)26(12-13-26)22-10-11-23(27)21-7-5-4-6-20(21)22/h4-11,14,19H,12-13,15-16H2,1-3H3,(H2,28,29). The van der Waals surface area contributed by atoms with Crippen LogP contribution < -0.4 is 10.6 Å². The minimum Gasteiger partial charge on any atom is -0.386 e. The molecule has 0 radical (unpaired) electrons. The molecule has 4 nitrogen and oxygen atoms in total. The summed E-state index contributed by atoms with van der Waals surface area (Å²) in [6.45, 7) is 4.13. The molecule has 5 heteroatoms. The van der Waals surface area contributed by atoms with Crippen LogP contribution in [0.4, 0.5) is 15.8 Å². The Kier molecular flexibility index (Phi) is 4.74. The van der Waals surface area contributed by atoms with E-state index in [4.69, 9.17) is 10.7 Å². The summed E-state index contributed by atoms with van der Waals surface area (Å²) < 4.78 is 14.3. The van der Waals surface area contributed by atoms with Crippen molar-refractivity contribution < 1.29 is 4.39 Å². The van der Waals surface area contributed by atoms with Crippen LogP contribution in [-0.4, -0.2) is 44.0 Å². The van der Waals surface area contributed by atoms with E-state index >= 15 is 0 Å². The highest BCUT2D eigenvalue weighted by molar-refractivity contribution is 6.01. The van der Waals surface area contributed by atoms with Crippen molar-refractivity contribution in [3.63, 3.8) is 0 Å². The largest absolute Gasteiger partial charge is 0.386 e. The topological polar surface area (TPSA) is 44.9 Å². The number of hydrogen-bond donors (Lipinski definition) is 1. The zero-order valence-electron chi connectivity index (χ0n) is 18.4. The van der Waals surface area contributed by atoms with Gasteiger partial charge in [-0.3, -0.25) is 0 Å². The molecule has 5 rings (SSSR count). The van der Waals surface area contributed by atoms with Gasteiger partial charge in [0.2, 0.25) is 0 Å². The molecule has 0 bridgehead atoms. The quantitative estimate of drug-likeness (QED) is 0.482. The van der Waals surface area contributed by atoms with E-state index in [1.807, 2.05) is 30.3 Å². The first-order valence-corrected chi connectivity index (χ1v) is 10.9. The molecule has 1 aliphatic carbocycles. The molecule has 3 aromatic rings. The molecule has 3 aromatic carbocycles. The van der Waals surface area contributed by atoms with Gasteiger partial charge in [0, 0.05) is 30.2 Å². The molecule has 1 saturated heterocycles. The van der Waals surface area contributed by atoms with Gasteiger partial charge in [0.25, 0.3) is 0 Å². The molecular formula is C26H29FN4. The molecule has 1 aliphatic heterocycles. The molecule has 0 spiro atoms. The molecule has 0 unspecified atom stereocenters. The average Bonchev–Trinajstić information content (AvgIpc) is 3.51. The Morgan fingerprint density at radius 1 is 1.06 bits per heavy atom. The molecule has 0 aromatic heterocycles. The molecule has 0 atom stereocenters. The fourth-order valence-corrected chi connectivity index (χ4v) is 4.61. The summed E-state index contributed by atoms with van der Waals surface area (Å²) in [5.74, 6) is 0.430. The van der Waals surface area contributed by atoms with E-state index in [2.05, 4.69) is 49.0 Å². The molecule has 160 valence electrons. The Labute approximate surface area is 183 Å². The van der Waals surface area contributed by atoms with Gasteiger partial charge in [0.05, 0.1) is 11.1 Å². The summed E-state index contributed by atoms with van der Waals surface area (Å²) in [6, 6.07) is 18.1. The second-order valence-corrected chi connectivity index (χ2v) is 9.21. The second-order valence-electron chi connectivity index (χ2n) is 9.21. The number of fused-ring (bicyclic) bond motifs is 1. The number of anilines is 1. The second kappa shape index (κ2) is 7.34. The van der Waals surface area contributed by atoms with Gasteiger partial charge in [-0.05, 0) is 68.6 Å². The van der Waals surface area contributed by atoms with Crippen molar-refractivity contribution in [1.82, 2.24) is 4.90 Å². The van der Waals surface area contributed by atoms with Gasteiger partial charge in [-0.1, -0.05) is 36.4 Å². The molecule has 2 N–H and O–H groups in total. The maximum atomic E-state index is 14.3. The lowest BCUT2D eigenvalue weighted by molar-refractivity contribution is 0.247. The third-order valence-electron chi connectivity index (χ3n) is 7.02. The lowest BCUT2D eigenvalue weighted by Gasteiger charge is -2.44. The van der Waals surface area contributed by atoms with E-state index in [1.165, 1.54) is 5.69 Å². The monoisotopic (exact) mass is 416 g/mol. The predicted molar refractivity (Wildman–Crippen MR) is 127 cm³/mol. The van der Waals surface area contributed by atoms with Crippen molar-refractivity contribution in [2.45, 2.75) is 31.2 Å². The van der Waals surface area contributed by atoms with Gasteiger partial charge in [0.1, 0.15) is 11.7 Å². The Morgan fingerprint density at radius 3 is 2.45 bits per heavy atom. The van der Waals surface area contributed by atoms with Crippen molar-refractivity contribution >= 4 is 28.0 Å². The minimum atomic E-state index is -0.303. The highest BCUT2D eigenvalue weighted by atomic mass is 19.1. The fraction of sp³-hybridized carbons (Fsp3) is 0.346. The molecule has 0 amide bonds. The number of hydrogen-bond acceptors (Lipinski definition) is 3. The van der Waals surface area contributed by atoms with Gasteiger partial charge < -0.3 is 15.5 Å². The lowest BCUT2D eigenvalue weighted by Crippen LogP contribution is -2.57. The zero-order valence-corrected chi connectivity index (χ0v) is 18.4. The maximum Gasteiger partial charge on any atom is 0.131 e. The normalized spacial score (nSPS) is 18.5. The summed E-state index contributed by atoms with van der Waals surface area (Å²) in [5, 5.41) is 1.57. The van der Waals surface area contributed by atoms with Crippen molar-refractivity contribution in [3.05, 3.63) is 71.5 Å². The van der Waals surface area contributed by atoms with Gasteiger partial charge >= 0.3 is 0 Å². The number of aryl methyl sites for hydroxylation is 1. The molecular weight excluding hydrogens is 387 g/mol. The zero-order chi connectivity index (χ0) is 21.8. The van der Waals surface area contributed by atoms with Crippen LogP contribution in [0.3, 0.4) is 0 Å². The van der Waals surface area contributed by atoms with Crippen molar-refractivity contribution in [3.8, 4) is 0 Å². The third-order valence-corrected chi connectivity index (χ3v) is 7.02. The lowest BCUT2D eigenvalue weighted by atomic mass is 9.89. The molecule has 1 heterocycles. The van der Waals surface area contributed by atoms with Crippen LogP contribution >= 0.6 is 0 Å². The van der Waals surface area contributed by atoms with Crippen LogP contribution in [0.1, 0.15) is 24.0 Å². The van der Waals surface area contributed by atoms with Crippen LogP contribution in [0.2, 0.25) is 0 Å². The highest BCUT2D eigenvalue weighted by Gasteiger charge is 2.49. The van der Waals surface area contributed by atoms with Gasteiger partial charge in [0.15, 0.2) is 0 Å². The van der Waals surface area contributed by atoms with E-state index in [1.54, 1.807) is 6.07 Å². The Morgan fingerprint density at radius 2 is 1.77 bits per heavy atom. The number of likely N-dealkylation sites (N-methyl/N-ethyl adjacent to an activating group) is 1. The van der Waals surface area contributed by atoms with Crippen molar-refractivity contribution in [2.75, 3.05) is 32.1 Å². The molecule has 2 aliphatic rings. The van der Waals surface area contributed by atoms with Gasteiger partial charge in [-0.25, -0.2) is 9.38 Å². The van der Waals surface area contributed by atoms with E-state index in [0.29, 0.717) is 17.3 Å². The van der Waals surface area contributed by atoms with Crippen LogP contribution in [0.5, 0.6) is 0 Å². The first-order chi connectivity index (χ1) is 14.9. The first kappa shape index (κ1) is 20.0. The van der Waals surface area contributed by atoms with Crippen LogP contribution in [-0.2, 0) is 5.41 Å². The van der Waals surface area contributed by atoms with Gasteiger partial charge in [-0.2, -0.15) is 0 Å². The Bertz CT molecular complexity index is 1170. The Balaban J connectivity index is 1.48. The number of nitrogens with two attached hydrogens (primary N) is 1. The fourth-order valence-electron chi connectivity index (χ4n) is 4.61. The summed E-state index contributed by atoms with van der Waals surface area (Å²) >= 11 is 0. The van der Waals surface area contributed by atoms with Crippen molar-refractivity contribution in [1.29, 1.82) is 0 Å². The smallest absolute Gasteiger partial charge is 0.131 e. The summed E-state index contributed by atoms with van der Waals surface area (Å²) in [7, 11) is 4.25. The number of benzene rings is 3. The van der Waals surface area contributed by atoms with Crippen molar-refractivity contribution in [2.24, 2.45) is 10.7 Å². The molecule has 31 heavy (non-hydrogen) atoms. The summed E-state index contributed by atoms with van der Waals surface area (Å²) in [4.78, 5) is 9.56. The van der Waals surface area contributed by atoms with Crippen LogP contribution in [0, 0.1) is 12.7 Å². The van der Waals surface area contributed by atoms with Gasteiger partial charge in [-0.15, -0.1) is 0 Å². The predicted octanol–water partition coefficient (Wildman–Crippen LogP) is 4.76. The highest BCUT2D eigenvalue weighted by Crippen LogP contribution is 2.51. The summed E-state index contributed by atoms with van der Waals surface area (Å²) in [6.07, 6.45) is 1.88. The third kappa shape index (κ3) is 3.37. The van der Waals surface area contributed by atoms with E-state index < -0.39 is 0 Å². The minimum absolute atomic E-state index is 0.195. The summed E-state index contributed by atoms with van der Waals surface area (Å²) in [5.41, 5.74) is 10.6. The van der Waals surface area contributed by atoms with E-state index in [9.17, 15) is 4.39 Å². The average molecular weight is 417 g/mol.